The van der Waals surface area contributed by atoms with Crippen LogP contribution in [0.25, 0.3) is 0 Å². The number of ether oxygens (including phenoxy) is 1. The topological polar surface area (TPSA) is 104 Å². The largest absolute Gasteiger partial charge is 0.744 e. The molecule has 0 aliphatic heterocycles. The Morgan fingerprint density at radius 1 is 1.16 bits per heavy atom. The second-order valence-electron chi connectivity index (χ2n) is 5.20. The number of hydrogen-bond donors (Lipinski definition) is 0. The van der Waals surface area contributed by atoms with Crippen LogP contribution in [-0.2, 0) is 26.7 Å². The number of aryl methyl sites for hydroxylation is 2. The van der Waals surface area contributed by atoms with Crippen LogP contribution in [-0.4, -0.2) is 31.8 Å². The Balaban J connectivity index is 0.000000257. The summed E-state index contributed by atoms with van der Waals surface area (Å²) in [6, 6.07) is 9.21. The molecule has 1 aromatic carbocycles. The van der Waals surface area contributed by atoms with Gasteiger partial charge in [-0.25, -0.2) is 13.0 Å². The normalized spacial score (nSPS) is 10.4. The fraction of sp³-hybridized carbons (Fsp3) is 0.235. The molecule has 0 spiro atoms. The van der Waals surface area contributed by atoms with E-state index in [-0.39, 0.29) is 17.1 Å². The zero-order valence-electron chi connectivity index (χ0n) is 14.1. The number of ketones is 1. The van der Waals surface area contributed by atoms with E-state index in [9.17, 15) is 22.6 Å². The summed E-state index contributed by atoms with van der Waals surface area (Å²) in [4.78, 5) is 22.1. The van der Waals surface area contributed by atoms with Crippen LogP contribution in [0.5, 0.6) is 0 Å². The van der Waals surface area contributed by atoms with Crippen LogP contribution in [0.2, 0.25) is 0 Å². The number of hydrogen-bond acceptors (Lipinski definition) is 6. The average Bonchev–Trinajstić information content (AvgIpc) is 2.55. The minimum atomic E-state index is -4.27. The van der Waals surface area contributed by atoms with Gasteiger partial charge in [0.2, 0.25) is 0 Å². The van der Waals surface area contributed by atoms with E-state index >= 15 is 0 Å². The summed E-state index contributed by atoms with van der Waals surface area (Å²) in [5.41, 5.74) is 1.44. The molecular weight excluding hydrogens is 346 g/mol. The number of aromatic nitrogens is 1. The lowest BCUT2D eigenvalue weighted by atomic mass is 10.1. The predicted molar refractivity (Wildman–Crippen MR) is 87.7 cm³/mol. The maximum atomic E-state index is 11.5. The van der Waals surface area contributed by atoms with E-state index in [1.54, 1.807) is 35.0 Å². The monoisotopic (exact) mass is 365 g/mol. The van der Waals surface area contributed by atoms with Crippen molar-refractivity contribution in [1.82, 2.24) is 0 Å². The number of benzene rings is 1. The summed E-state index contributed by atoms with van der Waals surface area (Å²) in [6.45, 7) is 1.82. The molecule has 2 aromatic rings. The Kier molecular flexibility index (Phi) is 7.41. The molecule has 25 heavy (non-hydrogen) atoms. The van der Waals surface area contributed by atoms with E-state index in [0.717, 1.165) is 5.56 Å². The van der Waals surface area contributed by atoms with Gasteiger partial charge < -0.3 is 9.29 Å². The summed E-state index contributed by atoms with van der Waals surface area (Å²) in [5.74, 6) is -0.741. The van der Waals surface area contributed by atoms with Crippen molar-refractivity contribution in [2.45, 2.75) is 18.2 Å². The average molecular weight is 365 g/mol. The van der Waals surface area contributed by atoms with Gasteiger partial charge in [-0.15, -0.1) is 0 Å². The Labute approximate surface area is 146 Å². The van der Waals surface area contributed by atoms with Gasteiger partial charge in [0.25, 0.3) is 0 Å². The molecule has 0 aliphatic rings. The van der Waals surface area contributed by atoms with Crippen LogP contribution in [0.3, 0.4) is 0 Å². The summed E-state index contributed by atoms with van der Waals surface area (Å²) >= 11 is 0. The molecule has 0 saturated carbocycles. The highest BCUT2D eigenvalue weighted by Gasteiger charge is 2.13. The summed E-state index contributed by atoms with van der Waals surface area (Å²) in [7, 11) is -1.19. The van der Waals surface area contributed by atoms with E-state index in [0.29, 0.717) is 5.56 Å². The molecule has 0 atom stereocenters. The van der Waals surface area contributed by atoms with Crippen molar-refractivity contribution in [3.05, 3.63) is 59.9 Å². The van der Waals surface area contributed by atoms with Gasteiger partial charge in [0.1, 0.15) is 23.6 Å². The van der Waals surface area contributed by atoms with Gasteiger partial charge in [-0.1, -0.05) is 17.7 Å². The van der Waals surface area contributed by atoms with Crippen molar-refractivity contribution in [2.75, 3.05) is 7.11 Å². The van der Waals surface area contributed by atoms with Crippen LogP contribution in [0.15, 0.2) is 53.7 Å². The molecule has 0 fully saturated rings. The maximum absolute atomic E-state index is 11.5. The van der Waals surface area contributed by atoms with Gasteiger partial charge in [-0.3, -0.25) is 9.59 Å². The number of nitrogens with zero attached hydrogens (tertiary/aromatic N) is 1. The number of carbonyl (C=O) groups is 2. The number of rotatable bonds is 4. The molecule has 134 valence electrons. The van der Waals surface area contributed by atoms with Crippen LogP contribution >= 0.6 is 0 Å². The summed E-state index contributed by atoms with van der Waals surface area (Å²) in [5, 5.41) is 0. The highest BCUT2D eigenvalue weighted by Crippen LogP contribution is 2.08. The minimum Gasteiger partial charge on any atom is -0.744 e. The quantitative estimate of drug-likeness (QED) is 0.265. The van der Waals surface area contributed by atoms with Crippen LogP contribution < -0.4 is 4.57 Å². The van der Waals surface area contributed by atoms with Gasteiger partial charge in [-0.2, -0.15) is 0 Å². The molecule has 0 N–H and O–H groups in total. The van der Waals surface area contributed by atoms with E-state index in [1.807, 2.05) is 20.2 Å². The number of carbonyl (C=O) groups excluding carboxylic acids is 2. The molecule has 0 amide bonds. The SMILES string of the molecule is COC(=O)CC(=O)c1ccc[n+](C)c1.Cc1ccc(S(=O)(=O)[O-])cc1. The second kappa shape index (κ2) is 9.05. The first kappa shape index (κ1) is 20.5. The van der Waals surface area contributed by atoms with Gasteiger partial charge in [0.15, 0.2) is 18.2 Å². The zero-order valence-corrected chi connectivity index (χ0v) is 14.9. The number of esters is 1. The molecular formula is C17H19NO6S. The first-order valence-corrected chi connectivity index (χ1v) is 8.62. The lowest BCUT2D eigenvalue weighted by molar-refractivity contribution is -0.671. The van der Waals surface area contributed by atoms with Crippen molar-refractivity contribution in [2.24, 2.45) is 7.05 Å². The number of Topliss-reactive ketones (excluding diaryl/α,β-unsaturated/α-hetero) is 1. The molecule has 0 bridgehead atoms. The van der Waals surface area contributed by atoms with Crippen molar-refractivity contribution in [3.63, 3.8) is 0 Å². The summed E-state index contributed by atoms with van der Waals surface area (Å²) < 4.78 is 37.3. The highest BCUT2D eigenvalue weighted by molar-refractivity contribution is 7.85. The van der Waals surface area contributed by atoms with Gasteiger partial charge in [-0.05, 0) is 25.1 Å². The Morgan fingerprint density at radius 3 is 2.24 bits per heavy atom. The van der Waals surface area contributed by atoms with Crippen LogP contribution in [0, 0.1) is 6.92 Å². The molecule has 0 saturated heterocycles. The van der Waals surface area contributed by atoms with Crippen molar-refractivity contribution < 1.29 is 31.9 Å². The Morgan fingerprint density at radius 2 is 1.76 bits per heavy atom. The smallest absolute Gasteiger partial charge is 0.313 e. The lowest BCUT2D eigenvalue weighted by Crippen LogP contribution is -2.28. The predicted octanol–water partition coefficient (Wildman–Crippen LogP) is 1.16. The van der Waals surface area contributed by atoms with Crippen molar-refractivity contribution in [1.29, 1.82) is 0 Å². The van der Waals surface area contributed by atoms with Crippen molar-refractivity contribution >= 4 is 21.9 Å². The Bertz CT molecular complexity index is 844. The second-order valence-corrected chi connectivity index (χ2v) is 6.58. The van der Waals surface area contributed by atoms with Gasteiger partial charge in [0, 0.05) is 6.07 Å². The maximum Gasteiger partial charge on any atom is 0.313 e. The lowest BCUT2D eigenvalue weighted by Gasteiger charge is -2.05. The number of pyridine rings is 1. The fourth-order valence-corrected chi connectivity index (χ4v) is 2.23. The zero-order chi connectivity index (χ0) is 19.0. The van der Waals surface area contributed by atoms with E-state index in [1.165, 1.54) is 19.2 Å². The van der Waals surface area contributed by atoms with E-state index in [2.05, 4.69) is 4.74 Å². The van der Waals surface area contributed by atoms with Crippen molar-refractivity contribution in [3.8, 4) is 0 Å². The third-order valence-electron chi connectivity index (χ3n) is 3.10. The van der Waals surface area contributed by atoms with E-state index < -0.39 is 16.1 Å². The fourth-order valence-electron chi connectivity index (χ4n) is 1.76. The molecule has 7 nitrogen and oxygen atoms in total. The van der Waals surface area contributed by atoms with E-state index in [4.69, 9.17) is 0 Å². The van der Waals surface area contributed by atoms with Gasteiger partial charge >= 0.3 is 5.97 Å². The molecule has 0 aliphatic carbocycles. The molecule has 2 rings (SSSR count). The number of methoxy groups -OCH3 is 1. The highest BCUT2D eigenvalue weighted by atomic mass is 32.2. The van der Waals surface area contributed by atoms with Crippen LogP contribution in [0.4, 0.5) is 0 Å². The van der Waals surface area contributed by atoms with Crippen LogP contribution in [0.1, 0.15) is 22.3 Å². The standard InChI is InChI=1S/C10H12NO3.C7H8O3S/c1-11-5-3-4-8(7-11)9(12)6-10(13)14-2;1-6-2-4-7(5-3-6)11(8,9)10/h3-5,7H,6H2,1-2H3;2-5H,1H3,(H,8,9,10)/q+1;/p-1. The molecule has 1 heterocycles. The minimum absolute atomic E-state index is 0.178. The third-order valence-corrected chi connectivity index (χ3v) is 3.95. The van der Waals surface area contributed by atoms with Gasteiger partial charge in [0.05, 0.1) is 17.6 Å². The third kappa shape index (κ3) is 7.23. The Hall–Kier alpha value is -2.58. The summed E-state index contributed by atoms with van der Waals surface area (Å²) in [6.07, 6.45) is 3.28. The first-order chi connectivity index (χ1) is 11.6. The molecule has 0 radical (unpaired) electrons. The molecule has 1 aromatic heterocycles. The first-order valence-electron chi connectivity index (χ1n) is 7.21. The molecule has 8 heteroatoms. The molecule has 0 unspecified atom stereocenters.